The number of carboxylic acid groups (broad SMARTS) is 1. The molecule has 58 heavy (non-hydrogen) atoms. The maximum Gasteiger partial charge on any atom is 0.306 e. The Hall–Kier alpha value is -2.97. The first kappa shape index (κ1) is 55.0. The third kappa shape index (κ3) is 38.5. The van der Waals surface area contributed by atoms with Gasteiger partial charge in [0.25, 0.3) is 0 Å². The van der Waals surface area contributed by atoms with Gasteiger partial charge in [0.2, 0.25) is 0 Å². The molecule has 0 bridgehead atoms. The third-order valence-electron chi connectivity index (χ3n) is 10.1. The summed E-state index contributed by atoms with van der Waals surface area (Å²) >= 11 is 0. The Balaban J connectivity index is 4.29. The summed E-state index contributed by atoms with van der Waals surface area (Å²) in [5.41, 5.74) is 0. The number of ether oxygens (including phenoxy) is 3. The zero-order chi connectivity index (χ0) is 42.8. The van der Waals surface area contributed by atoms with E-state index < -0.39 is 18.1 Å². The van der Waals surface area contributed by atoms with Gasteiger partial charge in [0.1, 0.15) is 12.6 Å². The van der Waals surface area contributed by atoms with Crippen molar-refractivity contribution in [2.75, 3.05) is 41.0 Å². The second kappa shape index (κ2) is 40.8. The molecule has 2 atom stereocenters. The van der Waals surface area contributed by atoms with Gasteiger partial charge in [0.15, 0.2) is 6.10 Å². The van der Waals surface area contributed by atoms with Gasteiger partial charge in [-0.3, -0.25) is 9.59 Å². The topological polar surface area (TPSA) is 102 Å². The second-order valence-electron chi connectivity index (χ2n) is 16.6. The largest absolute Gasteiger partial charge is 0.544 e. The van der Waals surface area contributed by atoms with E-state index in [0.717, 1.165) is 70.6 Å². The number of carboxylic acids is 1. The number of allylic oxidation sites excluding steroid dienone is 10. The van der Waals surface area contributed by atoms with Gasteiger partial charge in [-0.15, -0.1) is 0 Å². The zero-order valence-corrected chi connectivity index (χ0v) is 37.9. The molecule has 0 amide bonds. The van der Waals surface area contributed by atoms with Crippen LogP contribution in [-0.2, 0) is 28.6 Å². The van der Waals surface area contributed by atoms with E-state index in [1.54, 1.807) is 21.1 Å². The molecule has 0 aliphatic rings. The van der Waals surface area contributed by atoms with Gasteiger partial charge in [-0.05, 0) is 77.0 Å². The van der Waals surface area contributed by atoms with Crippen LogP contribution in [0.1, 0.15) is 187 Å². The molecule has 8 nitrogen and oxygen atoms in total. The molecule has 334 valence electrons. The standard InChI is InChI=1S/C50H87NO7/c1-6-8-10-12-14-16-18-20-21-22-23-24-25-26-27-29-30-32-34-36-38-40-48(52)57-45-46(44-56-43-42-47(50(54)55)51(3,4)5)58-49(53)41-39-37-35-33-31-28-19-17-15-13-11-9-7-2/h9,11,15,17-18,20,22-23,28,31,46-47H,6-8,10,12-14,16,19,21,24-27,29-30,32-45H2,1-5H3/b11-9-,17-15-,20-18-,23-22-,31-28-. The van der Waals surface area contributed by atoms with Crippen LogP contribution in [-0.4, -0.2) is 75.5 Å². The number of quaternary nitrogens is 1. The fraction of sp³-hybridized carbons (Fsp3) is 0.740. The molecule has 0 radical (unpaired) electrons. The van der Waals surface area contributed by atoms with Crippen molar-refractivity contribution in [3.8, 4) is 0 Å². The summed E-state index contributed by atoms with van der Waals surface area (Å²) in [4.78, 5) is 36.9. The Kier molecular flexibility index (Phi) is 38.7. The van der Waals surface area contributed by atoms with Crippen LogP contribution in [0.2, 0.25) is 0 Å². The van der Waals surface area contributed by atoms with Gasteiger partial charge in [0.05, 0.1) is 40.3 Å². The molecule has 8 heteroatoms. The molecule has 0 aromatic rings. The van der Waals surface area contributed by atoms with E-state index in [0.29, 0.717) is 6.42 Å². The average molecular weight is 814 g/mol. The predicted octanol–water partition coefficient (Wildman–Crippen LogP) is 11.6. The lowest BCUT2D eigenvalue weighted by Gasteiger charge is -2.34. The summed E-state index contributed by atoms with van der Waals surface area (Å²) in [6.07, 6.45) is 49.7. The highest BCUT2D eigenvalue weighted by atomic mass is 16.6. The highest BCUT2D eigenvalue weighted by Gasteiger charge is 2.25. The van der Waals surface area contributed by atoms with Crippen LogP contribution < -0.4 is 5.11 Å². The van der Waals surface area contributed by atoms with Crippen LogP contribution in [0.5, 0.6) is 0 Å². The Morgan fingerprint density at radius 3 is 1.45 bits per heavy atom. The zero-order valence-electron chi connectivity index (χ0n) is 37.9. The van der Waals surface area contributed by atoms with Crippen molar-refractivity contribution >= 4 is 17.9 Å². The minimum atomic E-state index is -1.13. The summed E-state index contributed by atoms with van der Waals surface area (Å²) in [5, 5.41) is 11.6. The van der Waals surface area contributed by atoms with E-state index in [2.05, 4.69) is 74.6 Å². The van der Waals surface area contributed by atoms with Gasteiger partial charge in [0, 0.05) is 19.3 Å². The van der Waals surface area contributed by atoms with Gasteiger partial charge in [-0.2, -0.15) is 0 Å². The lowest BCUT2D eigenvalue weighted by Crippen LogP contribution is -2.55. The number of rotatable bonds is 41. The maximum atomic E-state index is 12.7. The minimum absolute atomic E-state index is 0.0255. The first-order chi connectivity index (χ1) is 28.1. The first-order valence-corrected chi connectivity index (χ1v) is 23.3. The van der Waals surface area contributed by atoms with Crippen molar-refractivity contribution in [3.63, 3.8) is 0 Å². The molecule has 0 aliphatic carbocycles. The molecule has 0 saturated carbocycles. The second-order valence-corrected chi connectivity index (χ2v) is 16.6. The van der Waals surface area contributed by atoms with Crippen LogP contribution in [0.4, 0.5) is 0 Å². The Labute approximate surface area is 356 Å². The van der Waals surface area contributed by atoms with Crippen LogP contribution in [0.25, 0.3) is 0 Å². The summed E-state index contributed by atoms with van der Waals surface area (Å²) in [6, 6.07) is -0.733. The van der Waals surface area contributed by atoms with Crippen molar-refractivity contribution in [1.82, 2.24) is 0 Å². The normalized spacial score (nSPS) is 13.5. The van der Waals surface area contributed by atoms with E-state index in [-0.39, 0.29) is 49.1 Å². The Bertz CT molecular complexity index is 1130. The smallest absolute Gasteiger partial charge is 0.306 e. The summed E-state index contributed by atoms with van der Waals surface area (Å²) in [6.45, 7) is 4.50. The van der Waals surface area contributed by atoms with Crippen molar-refractivity contribution < 1.29 is 38.2 Å². The number of esters is 2. The van der Waals surface area contributed by atoms with Crippen molar-refractivity contribution in [2.24, 2.45) is 0 Å². The molecule has 0 rings (SSSR count). The first-order valence-electron chi connectivity index (χ1n) is 23.3. The van der Waals surface area contributed by atoms with Crippen LogP contribution >= 0.6 is 0 Å². The third-order valence-corrected chi connectivity index (χ3v) is 10.1. The van der Waals surface area contributed by atoms with Crippen LogP contribution in [0.15, 0.2) is 60.8 Å². The van der Waals surface area contributed by atoms with Gasteiger partial charge in [-0.1, -0.05) is 152 Å². The highest BCUT2D eigenvalue weighted by Crippen LogP contribution is 2.14. The van der Waals surface area contributed by atoms with Crippen LogP contribution in [0, 0.1) is 0 Å². The number of unbranched alkanes of at least 4 members (excludes halogenated alkanes) is 17. The molecule has 0 N–H and O–H groups in total. The van der Waals surface area contributed by atoms with E-state index in [1.807, 2.05) is 0 Å². The number of carbonyl (C=O) groups excluding carboxylic acids is 3. The summed E-state index contributed by atoms with van der Waals surface area (Å²) < 4.78 is 17.1. The highest BCUT2D eigenvalue weighted by molar-refractivity contribution is 5.70. The van der Waals surface area contributed by atoms with Crippen LogP contribution in [0.3, 0.4) is 0 Å². The lowest BCUT2D eigenvalue weighted by molar-refractivity contribution is -0.889. The van der Waals surface area contributed by atoms with E-state index in [1.165, 1.54) is 83.5 Å². The van der Waals surface area contributed by atoms with E-state index >= 15 is 0 Å². The lowest BCUT2D eigenvalue weighted by atomic mass is 10.1. The molecule has 0 spiro atoms. The monoisotopic (exact) mass is 814 g/mol. The molecule has 2 unspecified atom stereocenters. The molecular weight excluding hydrogens is 727 g/mol. The number of aliphatic carboxylic acids is 1. The number of nitrogens with zero attached hydrogens (tertiary/aromatic N) is 1. The molecule has 0 heterocycles. The number of hydrogen-bond donors (Lipinski definition) is 0. The SMILES string of the molecule is CC/C=C\C/C=C\C/C=C\CCCCCC(=O)OC(COCCC(C(=O)[O-])[N+](C)(C)C)COC(=O)CCCCCCCCCCC/C=C\C/C=C\CCCCCCC. The quantitative estimate of drug-likeness (QED) is 0.0262. The van der Waals surface area contributed by atoms with E-state index in [9.17, 15) is 19.5 Å². The molecule has 0 aliphatic heterocycles. The number of hydrogen-bond acceptors (Lipinski definition) is 7. The molecule has 0 aromatic heterocycles. The fourth-order valence-corrected chi connectivity index (χ4v) is 6.53. The molecule has 0 fully saturated rings. The maximum absolute atomic E-state index is 12.7. The number of likely N-dealkylation sites (N-methyl/N-ethyl adjacent to an activating group) is 1. The fourth-order valence-electron chi connectivity index (χ4n) is 6.53. The molecule has 0 saturated heterocycles. The van der Waals surface area contributed by atoms with Crippen molar-refractivity contribution in [1.29, 1.82) is 0 Å². The van der Waals surface area contributed by atoms with Crippen molar-refractivity contribution in [3.05, 3.63) is 60.8 Å². The van der Waals surface area contributed by atoms with Gasteiger partial charge in [-0.25, -0.2) is 0 Å². The average Bonchev–Trinajstić information content (AvgIpc) is 3.18. The Morgan fingerprint density at radius 2 is 0.966 bits per heavy atom. The van der Waals surface area contributed by atoms with Crippen molar-refractivity contribution in [2.45, 2.75) is 199 Å². The Morgan fingerprint density at radius 1 is 0.534 bits per heavy atom. The van der Waals surface area contributed by atoms with Gasteiger partial charge < -0.3 is 28.6 Å². The van der Waals surface area contributed by atoms with E-state index in [4.69, 9.17) is 14.2 Å². The summed E-state index contributed by atoms with van der Waals surface area (Å²) in [5.74, 6) is -1.78. The number of carbonyl (C=O) groups is 3. The predicted molar refractivity (Wildman–Crippen MR) is 240 cm³/mol. The summed E-state index contributed by atoms with van der Waals surface area (Å²) in [7, 11) is 5.39. The molecule has 0 aromatic carbocycles. The van der Waals surface area contributed by atoms with Gasteiger partial charge >= 0.3 is 11.9 Å². The minimum Gasteiger partial charge on any atom is -0.544 e. The molecular formula is C50H87NO7.